The molecule has 3 rings (SSSR count). The molecular formula is C19H27N5OS. The van der Waals surface area contributed by atoms with E-state index in [-0.39, 0.29) is 4.75 Å². The molecule has 0 saturated carbocycles. The van der Waals surface area contributed by atoms with Crippen molar-refractivity contribution >= 4 is 17.7 Å². The maximum absolute atomic E-state index is 5.20. The first-order valence-corrected chi connectivity index (χ1v) is 9.78. The molecule has 7 heteroatoms. The monoisotopic (exact) mass is 373 g/mol. The molecule has 1 aromatic heterocycles. The Balaban J connectivity index is 1.61. The number of aliphatic imine (C=N–C) groups is 1. The Kier molecular flexibility index (Phi) is 5.76. The smallest absolute Gasteiger partial charge is 0.194 e. The van der Waals surface area contributed by atoms with Gasteiger partial charge in [-0.15, -0.1) is 0 Å². The summed E-state index contributed by atoms with van der Waals surface area (Å²) in [4.78, 5) is 6.78. The minimum Gasteiger partial charge on any atom is -0.497 e. The summed E-state index contributed by atoms with van der Waals surface area (Å²) >= 11 is 2.02. The zero-order valence-electron chi connectivity index (χ0n) is 15.9. The van der Waals surface area contributed by atoms with Gasteiger partial charge in [0.1, 0.15) is 5.75 Å². The highest BCUT2D eigenvalue weighted by Crippen LogP contribution is 2.29. The maximum Gasteiger partial charge on any atom is 0.194 e. The summed E-state index contributed by atoms with van der Waals surface area (Å²) in [5, 5.41) is 8.10. The molecule has 0 unspecified atom stereocenters. The summed E-state index contributed by atoms with van der Waals surface area (Å²) in [6, 6.07) is 9.89. The van der Waals surface area contributed by atoms with E-state index in [9.17, 15) is 0 Å². The van der Waals surface area contributed by atoms with Crippen LogP contribution in [0.2, 0.25) is 0 Å². The molecule has 0 atom stereocenters. The van der Waals surface area contributed by atoms with Gasteiger partial charge in [0.05, 0.1) is 25.0 Å². The van der Waals surface area contributed by atoms with E-state index < -0.39 is 0 Å². The molecule has 140 valence electrons. The number of rotatable bonds is 4. The maximum atomic E-state index is 5.20. The fourth-order valence-corrected chi connectivity index (χ4v) is 4.15. The van der Waals surface area contributed by atoms with Gasteiger partial charge in [-0.25, -0.2) is 4.68 Å². The highest BCUT2D eigenvalue weighted by atomic mass is 32.2. The zero-order valence-corrected chi connectivity index (χ0v) is 16.7. The number of hydrogen-bond acceptors (Lipinski definition) is 4. The number of nitrogens with one attached hydrogen (secondary N) is 1. The highest BCUT2D eigenvalue weighted by molar-refractivity contribution is 8.00. The van der Waals surface area contributed by atoms with E-state index in [0.29, 0.717) is 6.54 Å². The van der Waals surface area contributed by atoms with E-state index in [1.165, 1.54) is 0 Å². The fraction of sp³-hybridized carbons (Fsp3) is 0.474. The Morgan fingerprint density at radius 3 is 2.73 bits per heavy atom. The number of hydrogen-bond donors (Lipinski definition) is 1. The molecule has 2 aromatic rings. The molecule has 2 heterocycles. The van der Waals surface area contributed by atoms with E-state index in [1.807, 2.05) is 60.0 Å². The lowest BCUT2D eigenvalue weighted by Crippen LogP contribution is -2.50. The van der Waals surface area contributed by atoms with Gasteiger partial charge in [-0.3, -0.25) is 4.99 Å². The molecule has 0 radical (unpaired) electrons. The molecule has 0 bridgehead atoms. The van der Waals surface area contributed by atoms with E-state index in [4.69, 9.17) is 4.74 Å². The van der Waals surface area contributed by atoms with Crippen molar-refractivity contribution in [3.63, 3.8) is 0 Å². The van der Waals surface area contributed by atoms with Crippen LogP contribution in [0.1, 0.15) is 19.5 Å². The van der Waals surface area contributed by atoms with Gasteiger partial charge >= 0.3 is 0 Å². The first-order chi connectivity index (χ1) is 12.5. The third-order valence-electron chi connectivity index (χ3n) is 4.35. The van der Waals surface area contributed by atoms with Gasteiger partial charge < -0.3 is 15.0 Å². The number of nitrogens with zero attached hydrogens (tertiary/aromatic N) is 4. The molecule has 6 nitrogen and oxygen atoms in total. The molecule has 1 N–H and O–H groups in total. The van der Waals surface area contributed by atoms with Crippen LogP contribution in [0.5, 0.6) is 5.75 Å². The standard InChI is InChI=1S/C19H27N5OS/c1-19(2)14-23(11-12-26-19)18(20-3)21-13-15-9-10-24(22-15)16-5-7-17(25-4)8-6-16/h5-10H,11-14H2,1-4H3,(H,20,21). The topological polar surface area (TPSA) is 54.7 Å². The Morgan fingerprint density at radius 2 is 2.08 bits per heavy atom. The fourth-order valence-electron chi connectivity index (χ4n) is 3.03. The Labute approximate surface area is 159 Å². The van der Waals surface area contributed by atoms with Crippen LogP contribution in [-0.2, 0) is 6.54 Å². The van der Waals surface area contributed by atoms with Crippen LogP contribution in [0.15, 0.2) is 41.5 Å². The molecule has 0 aliphatic carbocycles. The number of methoxy groups -OCH3 is 1. The average Bonchev–Trinajstić information content (AvgIpc) is 3.10. The van der Waals surface area contributed by atoms with Crippen molar-refractivity contribution in [2.45, 2.75) is 25.1 Å². The molecule has 0 spiro atoms. The second kappa shape index (κ2) is 8.03. The van der Waals surface area contributed by atoms with Crippen LogP contribution < -0.4 is 10.1 Å². The van der Waals surface area contributed by atoms with E-state index >= 15 is 0 Å². The predicted octanol–water partition coefficient (Wildman–Crippen LogP) is 2.78. The van der Waals surface area contributed by atoms with Crippen molar-refractivity contribution in [1.29, 1.82) is 0 Å². The Morgan fingerprint density at radius 1 is 1.31 bits per heavy atom. The van der Waals surface area contributed by atoms with E-state index in [0.717, 1.165) is 41.9 Å². The quantitative estimate of drug-likeness (QED) is 0.660. The van der Waals surface area contributed by atoms with Crippen LogP contribution >= 0.6 is 11.8 Å². The Hall–Kier alpha value is -2.15. The third kappa shape index (κ3) is 4.52. The van der Waals surface area contributed by atoms with Gasteiger partial charge in [0.25, 0.3) is 0 Å². The summed E-state index contributed by atoms with van der Waals surface area (Å²) in [6.07, 6.45) is 1.97. The van der Waals surface area contributed by atoms with Crippen molar-refractivity contribution in [2.75, 3.05) is 33.0 Å². The predicted molar refractivity (Wildman–Crippen MR) is 108 cm³/mol. The molecule has 1 aliphatic heterocycles. The molecule has 0 amide bonds. The third-order valence-corrected chi connectivity index (χ3v) is 5.64. The number of aromatic nitrogens is 2. The molecule has 1 aromatic carbocycles. The summed E-state index contributed by atoms with van der Waals surface area (Å²) in [5.74, 6) is 2.91. The number of benzene rings is 1. The summed E-state index contributed by atoms with van der Waals surface area (Å²) in [5.41, 5.74) is 1.99. The van der Waals surface area contributed by atoms with Crippen molar-refractivity contribution in [2.24, 2.45) is 4.99 Å². The highest BCUT2D eigenvalue weighted by Gasteiger charge is 2.28. The van der Waals surface area contributed by atoms with Crippen LogP contribution in [0, 0.1) is 0 Å². The summed E-state index contributed by atoms with van der Waals surface area (Å²) in [6.45, 7) is 7.24. The lowest BCUT2D eigenvalue weighted by molar-refractivity contribution is 0.375. The van der Waals surface area contributed by atoms with Crippen molar-refractivity contribution < 1.29 is 4.74 Å². The zero-order chi connectivity index (χ0) is 18.6. The van der Waals surface area contributed by atoms with Crippen LogP contribution in [0.3, 0.4) is 0 Å². The number of thioether (sulfide) groups is 1. The molecule has 1 saturated heterocycles. The second-order valence-corrected chi connectivity index (χ2v) is 8.68. The van der Waals surface area contributed by atoms with Gasteiger partial charge in [-0.1, -0.05) is 0 Å². The van der Waals surface area contributed by atoms with Crippen LogP contribution in [-0.4, -0.2) is 58.4 Å². The van der Waals surface area contributed by atoms with Crippen molar-refractivity contribution in [3.05, 3.63) is 42.2 Å². The molecular weight excluding hydrogens is 346 g/mol. The number of ether oxygens (including phenoxy) is 1. The molecule has 1 fully saturated rings. The normalized spacial score (nSPS) is 17.2. The Bertz CT molecular complexity index is 754. The largest absolute Gasteiger partial charge is 0.497 e. The van der Waals surface area contributed by atoms with Gasteiger partial charge in [0.2, 0.25) is 0 Å². The average molecular weight is 374 g/mol. The van der Waals surface area contributed by atoms with E-state index in [1.54, 1.807) is 7.11 Å². The van der Waals surface area contributed by atoms with Crippen molar-refractivity contribution in [3.8, 4) is 11.4 Å². The first kappa shape index (κ1) is 18.6. The summed E-state index contributed by atoms with van der Waals surface area (Å²) in [7, 11) is 3.51. The van der Waals surface area contributed by atoms with E-state index in [2.05, 4.69) is 34.2 Å². The van der Waals surface area contributed by atoms with Gasteiger partial charge in [0.15, 0.2) is 5.96 Å². The van der Waals surface area contributed by atoms with Gasteiger partial charge in [-0.05, 0) is 44.2 Å². The van der Waals surface area contributed by atoms with Gasteiger partial charge in [-0.2, -0.15) is 16.9 Å². The summed E-state index contributed by atoms with van der Waals surface area (Å²) < 4.78 is 7.33. The van der Waals surface area contributed by atoms with Crippen molar-refractivity contribution in [1.82, 2.24) is 20.0 Å². The van der Waals surface area contributed by atoms with Gasteiger partial charge in [0, 0.05) is 36.8 Å². The molecule has 26 heavy (non-hydrogen) atoms. The second-order valence-electron chi connectivity index (χ2n) is 6.88. The minimum absolute atomic E-state index is 0.256. The minimum atomic E-state index is 0.256. The molecule has 1 aliphatic rings. The van der Waals surface area contributed by atoms with Crippen LogP contribution in [0.4, 0.5) is 0 Å². The lowest BCUT2D eigenvalue weighted by Gasteiger charge is -2.39. The number of guanidine groups is 1. The SMILES string of the molecule is CN=C(NCc1ccn(-c2ccc(OC)cc2)n1)N1CCSC(C)(C)C1. The first-order valence-electron chi connectivity index (χ1n) is 8.79. The van der Waals surface area contributed by atoms with Crippen LogP contribution in [0.25, 0.3) is 5.69 Å². The lowest BCUT2D eigenvalue weighted by atomic mass is 10.2.